The van der Waals surface area contributed by atoms with Crippen LogP contribution in [0.3, 0.4) is 0 Å². The van der Waals surface area contributed by atoms with Crippen LogP contribution in [0, 0.1) is 11.3 Å². The number of amides is 2. The van der Waals surface area contributed by atoms with E-state index in [4.69, 9.17) is 10.00 Å². The van der Waals surface area contributed by atoms with Crippen molar-refractivity contribution < 1.29 is 9.53 Å². The van der Waals surface area contributed by atoms with Gasteiger partial charge in [0.05, 0.1) is 24.6 Å². The Kier molecular flexibility index (Phi) is 8.26. The zero-order chi connectivity index (χ0) is 27.9. The minimum atomic E-state index is -0.151. The molecule has 1 saturated carbocycles. The summed E-state index contributed by atoms with van der Waals surface area (Å²) in [5, 5.41) is 19.9. The van der Waals surface area contributed by atoms with Crippen molar-refractivity contribution in [3.8, 4) is 22.9 Å². The number of nitriles is 1. The molecule has 2 heterocycles. The van der Waals surface area contributed by atoms with Gasteiger partial charge in [-0.25, -0.2) is 9.78 Å². The second-order valence-electron chi connectivity index (χ2n) is 10.00. The summed E-state index contributed by atoms with van der Waals surface area (Å²) >= 11 is 0. The summed E-state index contributed by atoms with van der Waals surface area (Å²) in [7, 11) is 3.52. The van der Waals surface area contributed by atoms with Crippen molar-refractivity contribution in [1.82, 2.24) is 20.1 Å². The minimum Gasteiger partial charge on any atom is -0.495 e. The molecule has 0 atom stereocenters. The number of ether oxygens (including phenoxy) is 1. The fraction of sp³-hybridized carbons (Fsp3) is 0.290. The van der Waals surface area contributed by atoms with Gasteiger partial charge in [0.2, 0.25) is 0 Å². The maximum absolute atomic E-state index is 13.8. The maximum atomic E-state index is 13.8. The molecule has 0 unspecified atom stereocenters. The van der Waals surface area contributed by atoms with Gasteiger partial charge in [0.25, 0.3) is 0 Å². The van der Waals surface area contributed by atoms with Crippen LogP contribution in [-0.4, -0.2) is 40.0 Å². The van der Waals surface area contributed by atoms with Crippen molar-refractivity contribution in [2.45, 2.75) is 44.3 Å². The normalized spacial score (nSPS) is 16.5. The van der Waals surface area contributed by atoms with E-state index in [1.54, 1.807) is 24.1 Å². The number of anilines is 2. The standard InChI is InChI=1S/C31H33N7O2/c1-37-21-25(20-35-37)24-9-14-28(29(16-24)40-2)38(31(39)34-18-22-6-4-3-5-7-22)27-12-10-26(11-13-27)36-30-15-8-23(17-32)19-33-30/h3-9,14-16,19-21,26-27H,10-13,18H2,1-2H3,(H,33,36)(H,34,39). The topological polar surface area (TPSA) is 108 Å². The first kappa shape index (κ1) is 26.8. The molecule has 40 heavy (non-hydrogen) atoms. The molecule has 9 heteroatoms. The number of hydrogen-bond donors (Lipinski definition) is 2. The highest BCUT2D eigenvalue weighted by atomic mass is 16.5. The summed E-state index contributed by atoms with van der Waals surface area (Å²) in [5.41, 5.74) is 4.27. The Balaban J connectivity index is 1.36. The molecule has 2 aromatic carbocycles. The third-order valence-corrected chi connectivity index (χ3v) is 7.29. The van der Waals surface area contributed by atoms with E-state index in [2.05, 4.69) is 26.8 Å². The smallest absolute Gasteiger partial charge is 0.322 e. The first-order valence-electron chi connectivity index (χ1n) is 13.4. The lowest BCUT2D eigenvalue weighted by atomic mass is 9.89. The van der Waals surface area contributed by atoms with E-state index in [0.29, 0.717) is 17.9 Å². The number of carbonyl (C=O) groups excluding carboxylic acids is 1. The van der Waals surface area contributed by atoms with Crippen LogP contribution in [0.15, 0.2) is 79.3 Å². The van der Waals surface area contributed by atoms with E-state index in [9.17, 15) is 4.79 Å². The lowest BCUT2D eigenvalue weighted by molar-refractivity contribution is 0.240. The molecular weight excluding hydrogens is 502 g/mol. The van der Waals surface area contributed by atoms with Gasteiger partial charge in [-0.15, -0.1) is 0 Å². The predicted octanol–water partition coefficient (Wildman–Crippen LogP) is 5.50. The highest BCUT2D eigenvalue weighted by molar-refractivity contribution is 5.95. The molecule has 0 spiro atoms. The number of benzene rings is 2. The predicted molar refractivity (Wildman–Crippen MR) is 155 cm³/mol. The van der Waals surface area contributed by atoms with E-state index in [1.165, 1.54) is 0 Å². The Morgan fingerprint density at radius 2 is 1.88 bits per heavy atom. The molecule has 5 rings (SSSR count). The molecule has 0 saturated heterocycles. The van der Waals surface area contributed by atoms with Gasteiger partial charge in [0, 0.05) is 43.6 Å². The fourth-order valence-electron chi connectivity index (χ4n) is 5.19. The van der Waals surface area contributed by atoms with Gasteiger partial charge in [-0.2, -0.15) is 10.4 Å². The first-order chi connectivity index (χ1) is 19.5. The molecule has 9 nitrogen and oxygen atoms in total. The summed E-state index contributed by atoms with van der Waals surface area (Å²) in [5.74, 6) is 1.39. The number of rotatable bonds is 8. The number of nitrogens with one attached hydrogen (secondary N) is 2. The van der Waals surface area contributed by atoms with E-state index in [1.807, 2.05) is 78.9 Å². The average Bonchev–Trinajstić information content (AvgIpc) is 3.44. The highest BCUT2D eigenvalue weighted by Gasteiger charge is 2.32. The van der Waals surface area contributed by atoms with Crippen LogP contribution in [-0.2, 0) is 13.6 Å². The van der Waals surface area contributed by atoms with Crippen molar-refractivity contribution in [3.05, 3.63) is 90.4 Å². The Morgan fingerprint density at radius 3 is 2.52 bits per heavy atom. The number of pyridine rings is 1. The zero-order valence-electron chi connectivity index (χ0n) is 22.7. The van der Waals surface area contributed by atoms with Crippen molar-refractivity contribution in [3.63, 3.8) is 0 Å². The number of nitrogens with zero attached hydrogens (tertiary/aromatic N) is 5. The molecule has 4 aromatic rings. The monoisotopic (exact) mass is 535 g/mol. The van der Waals surface area contributed by atoms with E-state index in [0.717, 1.165) is 53.9 Å². The summed E-state index contributed by atoms with van der Waals surface area (Å²) in [6.45, 7) is 0.438. The first-order valence-corrected chi connectivity index (χ1v) is 13.4. The molecule has 2 N–H and O–H groups in total. The van der Waals surface area contributed by atoms with Gasteiger partial charge in [-0.3, -0.25) is 9.58 Å². The Morgan fingerprint density at radius 1 is 1.07 bits per heavy atom. The number of aryl methyl sites for hydroxylation is 1. The van der Waals surface area contributed by atoms with Gasteiger partial charge >= 0.3 is 6.03 Å². The van der Waals surface area contributed by atoms with E-state index >= 15 is 0 Å². The average molecular weight is 536 g/mol. The van der Waals surface area contributed by atoms with Crippen molar-refractivity contribution in [1.29, 1.82) is 5.26 Å². The molecule has 0 bridgehead atoms. The maximum Gasteiger partial charge on any atom is 0.322 e. The zero-order valence-corrected chi connectivity index (χ0v) is 22.7. The number of methoxy groups -OCH3 is 1. The van der Waals surface area contributed by atoms with Gasteiger partial charge in [0.1, 0.15) is 17.6 Å². The van der Waals surface area contributed by atoms with Gasteiger partial charge in [-0.1, -0.05) is 36.4 Å². The Bertz CT molecular complexity index is 1470. The molecule has 0 aliphatic heterocycles. The van der Waals surface area contributed by atoms with Crippen LogP contribution >= 0.6 is 0 Å². The molecule has 2 amide bonds. The molecule has 1 fully saturated rings. The lowest BCUT2D eigenvalue weighted by Gasteiger charge is -2.38. The summed E-state index contributed by atoms with van der Waals surface area (Å²) in [6.07, 6.45) is 8.75. The number of hydrogen-bond acceptors (Lipinski definition) is 6. The molecule has 1 aliphatic rings. The van der Waals surface area contributed by atoms with Gasteiger partial charge in [0.15, 0.2) is 0 Å². The van der Waals surface area contributed by atoms with Crippen molar-refractivity contribution in [2.24, 2.45) is 7.05 Å². The van der Waals surface area contributed by atoms with Crippen LogP contribution in [0.5, 0.6) is 5.75 Å². The third kappa shape index (κ3) is 6.24. The molecule has 204 valence electrons. The Hall–Kier alpha value is -4.84. The second-order valence-corrected chi connectivity index (χ2v) is 10.00. The van der Waals surface area contributed by atoms with Crippen LogP contribution in [0.1, 0.15) is 36.8 Å². The molecular formula is C31H33N7O2. The molecule has 2 aromatic heterocycles. The molecule has 1 aliphatic carbocycles. The lowest BCUT2D eigenvalue weighted by Crippen LogP contribution is -2.48. The van der Waals surface area contributed by atoms with Crippen LogP contribution in [0.2, 0.25) is 0 Å². The van der Waals surface area contributed by atoms with Gasteiger partial charge < -0.3 is 15.4 Å². The minimum absolute atomic E-state index is 0.000824. The van der Waals surface area contributed by atoms with Crippen molar-refractivity contribution in [2.75, 3.05) is 17.3 Å². The Labute approximate surface area is 234 Å². The highest BCUT2D eigenvalue weighted by Crippen LogP contribution is 2.37. The largest absolute Gasteiger partial charge is 0.495 e. The number of aromatic nitrogens is 3. The summed E-state index contributed by atoms with van der Waals surface area (Å²) in [6, 6.07) is 21.6. The van der Waals surface area contributed by atoms with E-state index < -0.39 is 0 Å². The van der Waals surface area contributed by atoms with Gasteiger partial charge in [-0.05, 0) is 61.1 Å². The van der Waals surface area contributed by atoms with Crippen LogP contribution < -0.4 is 20.3 Å². The number of urea groups is 1. The fourth-order valence-corrected chi connectivity index (χ4v) is 5.19. The van der Waals surface area contributed by atoms with Crippen LogP contribution in [0.25, 0.3) is 11.1 Å². The third-order valence-electron chi connectivity index (χ3n) is 7.29. The SMILES string of the molecule is COc1cc(-c2cnn(C)c2)ccc1N(C(=O)NCc1ccccc1)C1CCC(Nc2ccc(C#N)cn2)CC1. The quantitative estimate of drug-likeness (QED) is 0.308. The summed E-state index contributed by atoms with van der Waals surface area (Å²) < 4.78 is 7.59. The van der Waals surface area contributed by atoms with Crippen molar-refractivity contribution >= 4 is 17.5 Å². The second kappa shape index (κ2) is 12.3. The van der Waals surface area contributed by atoms with E-state index in [-0.39, 0.29) is 18.1 Å². The molecule has 0 radical (unpaired) electrons. The number of carbonyl (C=O) groups is 1. The summed E-state index contributed by atoms with van der Waals surface area (Å²) in [4.78, 5) is 20.0. The van der Waals surface area contributed by atoms with Crippen LogP contribution in [0.4, 0.5) is 16.3 Å².